The van der Waals surface area contributed by atoms with Crippen LogP contribution in [0.3, 0.4) is 0 Å². The van der Waals surface area contributed by atoms with Gasteiger partial charge in [-0.1, -0.05) is 43.3 Å². The van der Waals surface area contributed by atoms with Crippen LogP contribution < -0.4 is 20.8 Å². The molecule has 3 heterocycles. The molecule has 1 aliphatic rings. The van der Waals surface area contributed by atoms with Gasteiger partial charge in [0.25, 0.3) is 0 Å². The second-order valence-corrected chi connectivity index (χ2v) is 10.4. The lowest BCUT2D eigenvalue weighted by Gasteiger charge is -2.17. The van der Waals surface area contributed by atoms with E-state index in [0.717, 1.165) is 63.5 Å². The summed E-state index contributed by atoms with van der Waals surface area (Å²) in [5.41, 5.74) is 8.02. The number of aromatic nitrogens is 3. The van der Waals surface area contributed by atoms with Crippen molar-refractivity contribution in [3.8, 4) is 11.6 Å². The van der Waals surface area contributed by atoms with Crippen molar-refractivity contribution in [2.75, 3.05) is 17.2 Å². The Morgan fingerprint density at radius 2 is 1.88 bits per heavy atom. The van der Waals surface area contributed by atoms with E-state index in [9.17, 15) is 4.79 Å². The Labute approximate surface area is 233 Å². The molecule has 1 atom stereocenters. The van der Waals surface area contributed by atoms with E-state index in [1.807, 2.05) is 69.4 Å². The first-order valence-electron chi connectivity index (χ1n) is 13.7. The van der Waals surface area contributed by atoms with Crippen molar-refractivity contribution >= 4 is 22.4 Å². The van der Waals surface area contributed by atoms with Gasteiger partial charge < -0.3 is 19.9 Å². The molecule has 0 amide bonds. The fraction of sp³-hybridized carbons (Fsp3) is 0.242. The molecule has 3 aromatic carbocycles. The standard InChI is InChI=1S/C33H33N5O2/c1-5-22-11-13-28-25(16-22)31(39)26(21(3)38(28)4)17-34-24-12-14-29(20(2)15-24)40-33-30-27(23-9-7-6-8-10-23)18-35-32(30)36-19-37-33/h6-16,19,27,34H,5,17-18H2,1-4H3,(H,35,36,37). The number of fused-ring (bicyclic) bond motifs is 2. The third kappa shape index (κ3) is 4.57. The number of aryl methyl sites for hydroxylation is 3. The summed E-state index contributed by atoms with van der Waals surface area (Å²) in [6.07, 6.45) is 2.44. The number of pyridine rings is 1. The molecule has 40 heavy (non-hydrogen) atoms. The van der Waals surface area contributed by atoms with Crippen LogP contribution in [-0.4, -0.2) is 21.1 Å². The van der Waals surface area contributed by atoms with Crippen molar-refractivity contribution in [3.63, 3.8) is 0 Å². The third-order valence-electron chi connectivity index (χ3n) is 8.01. The summed E-state index contributed by atoms with van der Waals surface area (Å²) in [4.78, 5) is 22.4. The van der Waals surface area contributed by atoms with Crippen LogP contribution in [0.1, 0.15) is 46.4 Å². The normalized spacial score (nSPS) is 14.2. The lowest BCUT2D eigenvalue weighted by atomic mass is 9.95. The first-order chi connectivity index (χ1) is 19.4. The Morgan fingerprint density at radius 3 is 2.65 bits per heavy atom. The number of hydrogen-bond acceptors (Lipinski definition) is 6. The van der Waals surface area contributed by atoms with Gasteiger partial charge in [0.15, 0.2) is 5.43 Å². The molecular formula is C33H33N5O2. The van der Waals surface area contributed by atoms with E-state index in [1.54, 1.807) is 0 Å². The van der Waals surface area contributed by atoms with Gasteiger partial charge in [0.2, 0.25) is 5.88 Å². The molecule has 1 unspecified atom stereocenters. The van der Waals surface area contributed by atoms with E-state index < -0.39 is 0 Å². The van der Waals surface area contributed by atoms with E-state index in [1.165, 1.54) is 17.5 Å². The first-order valence-corrected chi connectivity index (χ1v) is 13.7. The number of benzene rings is 3. The van der Waals surface area contributed by atoms with Gasteiger partial charge in [-0.25, -0.2) is 9.97 Å². The zero-order valence-electron chi connectivity index (χ0n) is 23.3. The predicted molar refractivity (Wildman–Crippen MR) is 161 cm³/mol. The van der Waals surface area contributed by atoms with Crippen LogP contribution >= 0.6 is 0 Å². The van der Waals surface area contributed by atoms with Gasteiger partial charge >= 0.3 is 0 Å². The largest absolute Gasteiger partial charge is 0.438 e. The van der Waals surface area contributed by atoms with Gasteiger partial charge in [-0.15, -0.1) is 0 Å². The zero-order chi connectivity index (χ0) is 27.8. The molecule has 0 saturated carbocycles. The Hall–Kier alpha value is -4.65. The van der Waals surface area contributed by atoms with Crippen molar-refractivity contribution in [3.05, 3.63) is 117 Å². The molecular weight excluding hydrogens is 498 g/mol. The van der Waals surface area contributed by atoms with Crippen molar-refractivity contribution in [2.45, 2.75) is 39.7 Å². The molecule has 5 aromatic rings. The second-order valence-electron chi connectivity index (χ2n) is 10.4. The van der Waals surface area contributed by atoms with Gasteiger partial charge in [0.05, 0.1) is 11.1 Å². The van der Waals surface area contributed by atoms with E-state index in [-0.39, 0.29) is 11.3 Å². The Morgan fingerprint density at radius 1 is 1.05 bits per heavy atom. The third-order valence-corrected chi connectivity index (χ3v) is 8.01. The van der Waals surface area contributed by atoms with Crippen molar-refractivity contribution in [2.24, 2.45) is 7.05 Å². The molecule has 0 spiro atoms. The molecule has 7 nitrogen and oxygen atoms in total. The van der Waals surface area contributed by atoms with Crippen molar-refractivity contribution in [1.82, 2.24) is 14.5 Å². The van der Waals surface area contributed by atoms with Crippen LogP contribution in [0.15, 0.2) is 77.9 Å². The lowest BCUT2D eigenvalue weighted by molar-refractivity contribution is 0.451. The maximum absolute atomic E-state index is 13.4. The minimum Gasteiger partial charge on any atom is -0.438 e. The monoisotopic (exact) mass is 531 g/mol. The number of nitrogens with one attached hydrogen (secondary N) is 2. The molecule has 7 heteroatoms. The van der Waals surface area contributed by atoms with Crippen molar-refractivity contribution < 1.29 is 4.74 Å². The molecule has 202 valence electrons. The fourth-order valence-corrected chi connectivity index (χ4v) is 5.55. The molecule has 0 aliphatic carbocycles. The Bertz CT molecular complexity index is 1780. The summed E-state index contributed by atoms with van der Waals surface area (Å²) in [6, 6.07) is 22.5. The summed E-state index contributed by atoms with van der Waals surface area (Å²) >= 11 is 0. The molecule has 0 fully saturated rings. The quantitative estimate of drug-likeness (QED) is 0.251. The highest BCUT2D eigenvalue weighted by Crippen LogP contribution is 2.41. The number of anilines is 2. The van der Waals surface area contributed by atoms with Crippen molar-refractivity contribution in [1.29, 1.82) is 0 Å². The molecule has 0 saturated heterocycles. The Kier molecular flexibility index (Phi) is 6.72. The SMILES string of the molecule is CCc1ccc2c(c1)c(=O)c(CNc1ccc(Oc3ncnc4c3C(c3ccccc3)CN4)c(C)c1)c(C)n2C. The number of rotatable bonds is 7. The van der Waals surface area contributed by atoms with Crippen LogP contribution in [-0.2, 0) is 20.0 Å². The summed E-state index contributed by atoms with van der Waals surface area (Å²) in [7, 11) is 2.02. The van der Waals surface area contributed by atoms with Crippen LogP contribution in [0.25, 0.3) is 10.9 Å². The maximum Gasteiger partial charge on any atom is 0.228 e. The second kappa shape index (κ2) is 10.5. The van der Waals surface area contributed by atoms with E-state index in [4.69, 9.17) is 4.74 Å². The molecule has 2 N–H and O–H groups in total. The van der Waals surface area contributed by atoms with E-state index in [0.29, 0.717) is 12.4 Å². The summed E-state index contributed by atoms with van der Waals surface area (Å²) < 4.78 is 8.48. The highest BCUT2D eigenvalue weighted by molar-refractivity contribution is 5.81. The predicted octanol–water partition coefficient (Wildman–Crippen LogP) is 6.47. The van der Waals surface area contributed by atoms with E-state index in [2.05, 4.69) is 50.3 Å². The highest BCUT2D eigenvalue weighted by atomic mass is 16.5. The lowest BCUT2D eigenvalue weighted by Crippen LogP contribution is -2.20. The number of nitrogens with zero attached hydrogens (tertiary/aromatic N) is 3. The fourth-order valence-electron chi connectivity index (χ4n) is 5.55. The van der Waals surface area contributed by atoms with Crippen LogP contribution in [0.2, 0.25) is 0 Å². The minimum absolute atomic E-state index is 0.0873. The van der Waals surface area contributed by atoms with E-state index >= 15 is 0 Å². The van der Waals surface area contributed by atoms with Crippen LogP contribution in [0.5, 0.6) is 11.6 Å². The summed E-state index contributed by atoms with van der Waals surface area (Å²) in [5.74, 6) is 2.23. The van der Waals surface area contributed by atoms with Crippen LogP contribution in [0, 0.1) is 13.8 Å². The van der Waals surface area contributed by atoms with Gasteiger partial charge in [-0.3, -0.25) is 4.79 Å². The summed E-state index contributed by atoms with van der Waals surface area (Å²) in [5, 5.41) is 7.62. The van der Waals surface area contributed by atoms with Crippen LogP contribution in [0.4, 0.5) is 11.5 Å². The Balaban J connectivity index is 1.24. The summed E-state index contributed by atoms with van der Waals surface area (Å²) in [6.45, 7) is 7.32. The number of ether oxygens (including phenoxy) is 1. The topological polar surface area (TPSA) is 81.1 Å². The number of hydrogen-bond donors (Lipinski definition) is 2. The zero-order valence-corrected chi connectivity index (χ0v) is 23.3. The average Bonchev–Trinajstić information content (AvgIpc) is 3.43. The first kappa shape index (κ1) is 25.6. The minimum atomic E-state index is 0.0873. The van der Waals surface area contributed by atoms with Gasteiger partial charge in [0, 0.05) is 48.4 Å². The maximum atomic E-state index is 13.4. The van der Waals surface area contributed by atoms with Gasteiger partial charge in [0.1, 0.15) is 17.9 Å². The average molecular weight is 532 g/mol. The molecule has 0 bridgehead atoms. The van der Waals surface area contributed by atoms with Gasteiger partial charge in [-0.2, -0.15) is 0 Å². The molecule has 2 aromatic heterocycles. The van der Waals surface area contributed by atoms with Gasteiger partial charge in [-0.05, 0) is 67.3 Å². The smallest absolute Gasteiger partial charge is 0.228 e. The molecule has 1 aliphatic heterocycles. The molecule has 6 rings (SSSR count). The molecule has 0 radical (unpaired) electrons. The highest BCUT2D eigenvalue weighted by Gasteiger charge is 2.30.